The Balaban J connectivity index is 2.17. The summed E-state index contributed by atoms with van der Waals surface area (Å²) in [5.74, 6) is 0. The van der Waals surface area contributed by atoms with Crippen LogP contribution < -0.4 is 5.73 Å². The van der Waals surface area contributed by atoms with Crippen LogP contribution in [0.1, 0.15) is 6.42 Å². The fourth-order valence-corrected chi connectivity index (χ4v) is 3.26. The van der Waals surface area contributed by atoms with Crippen molar-refractivity contribution >= 4 is 10.0 Å². The van der Waals surface area contributed by atoms with E-state index in [1.165, 1.54) is 16.7 Å². The number of aromatic nitrogens is 2. The van der Waals surface area contributed by atoms with Gasteiger partial charge in [0.15, 0.2) is 0 Å². The van der Waals surface area contributed by atoms with Crippen LogP contribution in [0.5, 0.6) is 0 Å². The number of hydrogen-bond acceptors (Lipinski definition) is 5. The van der Waals surface area contributed by atoms with Crippen LogP contribution in [0.4, 0.5) is 0 Å². The first-order chi connectivity index (χ1) is 8.64. The Morgan fingerprint density at radius 1 is 1.39 bits per heavy atom. The van der Waals surface area contributed by atoms with Crippen LogP contribution in [0.15, 0.2) is 17.3 Å². The van der Waals surface area contributed by atoms with Crippen molar-refractivity contribution in [3.8, 4) is 0 Å². The topological polar surface area (TPSA) is 90.5 Å². The molecule has 0 bridgehead atoms. The number of hydrogen-bond donors (Lipinski definition) is 1. The van der Waals surface area contributed by atoms with Gasteiger partial charge >= 0.3 is 0 Å². The molecule has 0 spiro atoms. The van der Waals surface area contributed by atoms with Crippen LogP contribution in [-0.4, -0.2) is 55.4 Å². The third-order valence-corrected chi connectivity index (χ3v) is 4.64. The fourth-order valence-electron chi connectivity index (χ4n) is 1.84. The van der Waals surface area contributed by atoms with Gasteiger partial charge in [-0.25, -0.2) is 8.42 Å². The van der Waals surface area contributed by atoms with Gasteiger partial charge in [-0.15, -0.1) is 0 Å². The standard InChI is InChI=1S/C10H18N4O3S/c11-2-4-13-9-10(8-12-13)18(15,16)14-3-1-6-17-7-5-14/h8-9H,1-7,11H2. The molecule has 0 saturated carbocycles. The first kappa shape index (κ1) is 13.5. The maximum Gasteiger partial charge on any atom is 0.246 e. The zero-order valence-corrected chi connectivity index (χ0v) is 11.0. The van der Waals surface area contributed by atoms with Gasteiger partial charge in [-0.1, -0.05) is 0 Å². The lowest BCUT2D eigenvalue weighted by atomic mass is 10.5. The fraction of sp³-hybridized carbons (Fsp3) is 0.700. The van der Waals surface area contributed by atoms with Crippen molar-refractivity contribution in [2.75, 3.05) is 32.8 Å². The number of sulfonamides is 1. The molecule has 0 aliphatic carbocycles. The van der Waals surface area contributed by atoms with Gasteiger partial charge in [-0.2, -0.15) is 9.40 Å². The Hall–Kier alpha value is -0.960. The summed E-state index contributed by atoms with van der Waals surface area (Å²) in [5, 5.41) is 3.99. The molecule has 0 aromatic carbocycles. The van der Waals surface area contributed by atoms with E-state index in [9.17, 15) is 8.42 Å². The molecule has 18 heavy (non-hydrogen) atoms. The normalized spacial score (nSPS) is 18.7. The molecule has 2 N–H and O–H groups in total. The third-order valence-electron chi connectivity index (χ3n) is 2.79. The van der Waals surface area contributed by atoms with Crippen LogP contribution >= 0.6 is 0 Å². The van der Waals surface area contributed by atoms with E-state index in [-0.39, 0.29) is 4.90 Å². The predicted octanol–water partition coefficient (Wildman–Crippen LogP) is -0.747. The molecule has 0 atom stereocenters. The first-order valence-corrected chi connectivity index (χ1v) is 7.39. The number of nitrogens with two attached hydrogens (primary N) is 1. The minimum Gasteiger partial charge on any atom is -0.380 e. The largest absolute Gasteiger partial charge is 0.380 e. The van der Waals surface area contributed by atoms with Crippen LogP contribution in [-0.2, 0) is 21.3 Å². The van der Waals surface area contributed by atoms with Crippen molar-refractivity contribution in [1.82, 2.24) is 14.1 Å². The summed E-state index contributed by atoms with van der Waals surface area (Å²) in [4.78, 5) is 0.220. The van der Waals surface area contributed by atoms with E-state index in [0.717, 1.165) is 6.42 Å². The lowest BCUT2D eigenvalue weighted by Gasteiger charge is -2.17. The summed E-state index contributed by atoms with van der Waals surface area (Å²) in [5.41, 5.74) is 5.41. The van der Waals surface area contributed by atoms with Gasteiger partial charge in [0.05, 0.1) is 19.3 Å². The smallest absolute Gasteiger partial charge is 0.246 e. The van der Waals surface area contributed by atoms with E-state index in [2.05, 4.69) is 5.10 Å². The van der Waals surface area contributed by atoms with E-state index in [1.54, 1.807) is 4.68 Å². The van der Waals surface area contributed by atoms with Crippen LogP contribution in [0.25, 0.3) is 0 Å². The molecule has 1 fully saturated rings. The number of ether oxygens (including phenoxy) is 1. The quantitative estimate of drug-likeness (QED) is 0.780. The molecule has 102 valence electrons. The second-order valence-corrected chi connectivity index (χ2v) is 6.04. The van der Waals surface area contributed by atoms with Crippen LogP contribution in [0, 0.1) is 0 Å². The van der Waals surface area contributed by atoms with Crippen molar-refractivity contribution < 1.29 is 13.2 Å². The lowest BCUT2D eigenvalue weighted by molar-refractivity contribution is 0.148. The van der Waals surface area contributed by atoms with Crippen molar-refractivity contribution in [2.24, 2.45) is 5.73 Å². The molecular formula is C10H18N4O3S. The van der Waals surface area contributed by atoms with Crippen molar-refractivity contribution in [2.45, 2.75) is 17.9 Å². The van der Waals surface area contributed by atoms with Crippen molar-refractivity contribution in [1.29, 1.82) is 0 Å². The molecule has 1 aliphatic heterocycles. The molecule has 2 heterocycles. The van der Waals surface area contributed by atoms with Gasteiger partial charge in [-0.05, 0) is 6.42 Å². The molecule has 7 nitrogen and oxygen atoms in total. The van der Waals surface area contributed by atoms with Gasteiger partial charge in [0, 0.05) is 32.4 Å². The summed E-state index contributed by atoms with van der Waals surface area (Å²) >= 11 is 0. The Kier molecular flexibility index (Phi) is 4.33. The highest BCUT2D eigenvalue weighted by molar-refractivity contribution is 7.89. The minimum absolute atomic E-state index is 0.220. The lowest BCUT2D eigenvalue weighted by Crippen LogP contribution is -2.33. The summed E-state index contributed by atoms with van der Waals surface area (Å²) in [6.45, 7) is 2.88. The van der Waals surface area contributed by atoms with Gasteiger partial charge < -0.3 is 10.5 Å². The van der Waals surface area contributed by atoms with Gasteiger partial charge in [0.2, 0.25) is 10.0 Å². The minimum atomic E-state index is -3.45. The number of rotatable bonds is 4. The zero-order valence-electron chi connectivity index (χ0n) is 10.2. The Labute approximate surface area is 107 Å². The van der Waals surface area contributed by atoms with Crippen LogP contribution in [0.3, 0.4) is 0 Å². The predicted molar refractivity (Wildman–Crippen MR) is 65.5 cm³/mol. The highest BCUT2D eigenvalue weighted by Crippen LogP contribution is 2.16. The molecule has 8 heteroatoms. The van der Waals surface area contributed by atoms with E-state index < -0.39 is 10.0 Å². The molecule has 1 aliphatic rings. The monoisotopic (exact) mass is 274 g/mol. The molecule has 0 amide bonds. The van der Waals surface area contributed by atoms with Crippen molar-refractivity contribution in [3.05, 3.63) is 12.4 Å². The molecule has 1 aromatic heterocycles. The summed E-state index contributed by atoms with van der Waals surface area (Å²) < 4.78 is 32.9. The van der Waals surface area contributed by atoms with Gasteiger partial charge in [-0.3, -0.25) is 4.68 Å². The Morgan fingerprint density at radius 3 is 3.00 bits per heavy atom. The van der Waals surface area contributed by atoms with Gasteiger partial charge in [0.1, 0.15) is 4.90 Å². The SMILES string of the molecule is NCCn1cc(S(=O)(=O)N2CCCOCC2)cn1. The van der Waals surface area contributed by atoms with E-state index in [4.69, 9.17) is 10.5 Å². The average Bonchev–Trinajstić information content (AvgIpc) is 2.65. The molecular weight excluding hydrogens is 256 g/mol. The van der Waals surface area contributed by atoms with E-state index >= 15 is 0 Å². The Bertz CT molecular complexity index is 477. The molecule has 0 unspecified atom stereocenters. The average molecular weight is 274 g/mol. The summed E-state index contributed by atoms with van der Waals surface area (Å²) in [6, 6.07) is 0. The maximum absolute atomic E-state index is 12.3. The molecule has 1 aromatic rings. The first-order valence-electron chi connectivity index (χ1n) is 5.95. The van der Waals surface area contributed by atoms with Gasteiger partial charge in [0.25, 0.3) is 0 Å². The number of nitrogens with zero attached hydrogens (tertiary/aromatic N) is 3. The highest BCUT2D eigenvalue weighted by Gasteiger charge is 2.26. The molecule has 1 saturated heterocycles. The van der Waals surface area contributed by atoms with E-state index in [1.807, 2.05) is 0 Å². The van der Waals surface area contributed by atoms with Crippen molar-refractivity contribution in [3.63, 3.8) is 0 Å². The maximum atomic E-state index is 12.3. The Morgan fingerprint density at radius 2 is 2.22 bits per heavy atom. The second-order valence-electron chi connectivity index (χ2n) is 4.10. The zero-order chi connectivity index (χ0) is 13.0. The third kappa shape index (κ3) is 2.89. The highest BCUT2D eigenvalue weighted by atomic mass is 32.2. The van der Waals surface area contributed by atoms with E-state index in [0.29, 0.717) is 39.4 Å². The summed E-state index contributed by atoms with van der Waals surface area (Å²) in [7, 11) is -3.45. The summed E-state index contributed by atoms with van der Waals surface area (Å²) in [6.07, 6.45) is 3.61. The molecule has 0 radical (unpaired) electrons. The molecule has 2 rings (SSSR count). The van der Waals surface area contributed by atoms with Crippen LogP contribution in [0.2, 0.25) is 0 Å². The second kappa shape index (κ2) is 5.79.